The molecule has 0 saturated carbocycles. The van der Waals surface area contributed by atoms with Crippen LogP contribution >= 0.6 is 27.5 Å². The summed E-state index contributed by atoms with van der Waals surface area (Å²) in [6, 6.07) is 15.2. The molecule has 1 fully saturated rings. The molecule has 3 aromatic rings. The molecule has 1 aliphatic heterocycles. The first-order valence-electron chi connectivity index (χ1n) is 10.6. The molecule has 6 nitrogen and oxygen atoms in total. The first kappa shape index (κ1) is 24.6. The summed E-state index contributed by atoms with van der Waals surface area (Å²) in [5.41, 5.74) is 2.39. The van der Waals surface area contributed by atoms with Gasteiger partial charge in [-0.25, -0.2) is 14.1 Å². The predicted molar refractivity (Wildman–Crippen MR) is 135 cm³/mol. The lowest BCUT2D eigenvalue weighted by Crippen LogP contribution is -2.54. The SMILES string of the molecule is CCc1ccc(N2C(=O)NC(=O)/C(=C/c3cc(Cl)c(OCc4ccc(F)cc4)c(Br)c3)C2=O)cc1. The number of urea groups is 1. The number of aryl methyl sites for hydroxylation is 1. The Morgan fingerprint density at radius 2 is 1.69 bits per heavy atom. The van der Waals surface area contributed by atoms with Crippen molar-refractivity contribution in [3.8, 4) is 5.75 Å². The van der Waals surface area contributed by atoms with Gasteiger partial charge in [0.1, 0.15) is 18.0 Å². The van der Waals surface area contributed by atoms with Crippen LogP contribution in [0.1, 0.15) is 23.6 Å². The third-order valence-corrected chi connectivity index (χ3v) is 6.20. The van der Waals surface area contributed by atoms with E-state index in [4.69, 9.17) is 16.3 Å². The summed E-state index contributed by atoms with van der Waals surface area (Å²) >= 11 is 9.80. The van der Waals surface area contributed by atoms with Gasteiger partial charge in [-0.1, -0.05) is 42.8 Å². The van der Waals surface area contributed by atoms with Gasteiger partial charge >= 0.3 is 6.03 Å². The summed E-state index contributed by atoms with van der Waals surface area (Å²) in [4.78, 5) is 38.9. The molecule has 0 aliphatic carbocycles. The van der Waals surface area contributed by atoms with Gasteiger partial charge in [0.15, 0.2) is 5.75 Å². The van der Waals surface area contributed by atoms with E-state index in [1.807, 2.05) is 19.1 Å². The molecule has 0 spiro atoms. The number of nitrogens with one attached hydrogen (secondary N) is 1. The van der Waals surface area contributed by atoms with Crippen molar-refractivity contribution in [2.75, 3.05) is 4.90 Å². The van der Waals surface area contributed by atoms with Crippen LogP contribution in [-0.2, 0) is 22.6 Å². The number of benzene rings is 3. The lowest BCUT2D eigenvalue weighted by molar-refractivity contribution is -0.122. The zero-order valence-electron chi connectivity index (χ0n) is 18.5. The largest absolute Gasteiger partial charge is 0.486 e. The van der Waals surface area contributed by atoms with Gasteiger partial charge in [0.25, 0.3) is 11.8 Å². The van der Waals surface area contributed by atoms with Crippen LogP contribution < -0.4 is 15.0 Å². The summed E-state index contributed by atoms with van der Waals surface area (Å²) in [7, 11) is 0. The Bertz CT molecular complexity index is 1320. The van der Waals surface area contributed by atoms with Crippen LogP contribution in [0.5, 0.6) is 5.75 Å². The summed E-state index contributed by atoms with van der Waals surface area (Å²) in [6.45, 7) is 2.16. The van der Waals surface area contributed by atoms with Crippen molar-refractivity contribution >= 4 is 57.1 Å². The van der Waals surface area contributed by atoms with Gasteiger partial charge in [-0.2, -0.15) is 0 Å². The number of halogens is 3. The highest BCUT2D eigenvalue weighted by Crippen LogP contribution is 2.36. The van der Waals surface area contributed by atoms with E-state index in [0.29, 0.717) is 21.5 Å². The molecule has 0 atom stereocenters. The molecule has 35 heavy (non-hydrogen) atoms. The molecule has 9 heteroatoms. The maximum absolute atomic E-state index is 13.1. The topological polar surface area (TPSA) is 75.7 Å². The second kappa shape index (κ2) is 10.4. The van der Waals surface area contributed by atoms with Crippen LogP contribution in [0.4, 0.5) is 14.9 Å². The van der Waals surface area contributed by atoms with E-state index in [9.17, 15) is 18.8 Å². The van der Waals surface area contributed by atoms with E-state index in [2.05, 4.69) is 21.2 Å². The number of hydrogen-bond acceptors (Lipinski definition) is 4. The molecule has 0 aromatic heterocycles. The molecule has 1 saturated heterocycles. The average molecular weight is 558 g/mol. The van der Waals surface area contributed by atoms with Crippen LogP contribution in [0.25, 0.3) is 6.08 Å². The smallest absolute Gasteiger partial charge is 0.335 e. The first-order valence-corrected chi connectivity index (χ1v) is 11.8. The van der Waals surface area contributed by atoms with Gasteiger partial charge in [0.2, 0.25) is 0 Å². The number of nitrogens with zero attached hydrogens (tertiary/aromatic N) is 1. The molecule has 4 rings (SSSR count). The fourth-order valence-corrected chi connectivity index (χ4v) is 4.47. The molecular weight excluding hydrogens is 539 g/mol. The van der Waals surface area contributed by atoms with Gasteiger partial charge in [-0.15, -0.1) is 0 Å². The van der Waals surface area contributed by atoms with Crippen LogP contribution in [-0.4, -0.2) is 17.8 Å². The highest BCUT2D eigenvalue weighted by Gasteiger charge is 2.36. The number of anilines is 1. The molecule has 1 aliphatic rings. The van der Waals surface area contributed by atoms with Crippen molar-refractivity contribution in [2.24, 2.45) is 0 Å². The van der Waals surface area contributed by atoms with E-state index in [1.54, 1.807) is 30.3 Å². The minimum atomic E-state index is -0.815. The third kappa shape index (κ3) is 5.44. The Morgan fingerprint density at radius 3 is 2.31 bits per heavy atom. The highest BCUT2D eigenvalue weighted by atomic mass is 79.9. The van der Waals surface area contributed by atoms with Crippen molar-refractivity contribution < 1.29 is 23.5 Å². The second-order valence-corrected chi connectivity index (χ2v) is 8.97. The predicted octanol–water partition coefficient (Wildman–Crippen LogP) is 6.05. The number of imide groups is 2. The Hall–Kier alpha value is -3.49. The van der Waals surface area contributed by atoms with Crippen LogP contribution in [0, 0.1) is 5.82 Å². The van der Waals surface area contributed by atoms with E-state index < -0.39 is 17.8 Å². The Morgan fingerprint density at radius 1 is 1.03 bits per heavy atom. The molecular formula is C26H19BrClFN2O4. The molecule has 4 amide bonds. The van der Waals surface area contributed by atoms with Crippen molar-refractivity contribution in [3.63, 3.8) is 0 Å². The van der Waals surface area contributed by atoms with Crippen molar-refractivity contribution in [1.82, 2.24) is 5.32 Å². The quantitative estimate of drug-likeness (QED) is 0.296. The summed E-state index contributed by atoms with van der Waals surface area (Å²) < 4.78 is 19.4. The maximum Gasteiger partial charge on any atom is 0.335 e. The van der Waals surface area contributed by atoms with E-state index >= 15 is 0 Å². The number of hydrogen-bond donors (Lipinski definition) is 1. The number of carbonyl (C=O) groups is 3. The van der Waals surface area contributed by atoms with Crippen molar-refractivity contribution in [2.45, 2.75) is 20.0 Å². The minimum Gasteiger partial charge on any atom is -0.486 e. The van der Waals surface area contributed by atoms with Gasteiger partial charge in [-0.3, -0.25) is 14.9 Å². The Kier molecular flexibility index (Phi) is 7.33. The van der Waals surface area contributed by atoms with Crippen LogP contribution in [0.2, 0.25) is 5.02 Å². The lowest BCUT2D eigenvalue weighted by atomic mass is 10.1. The van der Waals surface area contributed by atoms with Crippen LogP contribution in [0.15, 0.2) is 70.7 Å². The zero-order chi connectivity index (χ0) is 25.1. The number of rotatable bonds is 6. The van der Waals surface area contributed by atoms with Crippen molar-refractivity contribution in [3.05, 3.63) is 98.2 Å². The molecule has 1 N–H and O–H groups in total. The van der Waals surface area contributed by atoms with Gasteiger partial charge in [-0.05, 0) is 81.5 Å². The number of carbonyl (C=O) groups excluding carboxylic acids is 3. The Labute approximate surface area is 214 Å². The minimum absolute atomic E-state index is 0.161. The van der Waals surface area contributed by atoms with E-state index in [0.717, 1.165) is 22.4 Å². The van der Waals surface area contributed by atoms with Gasteiger partial charge < -0.3 is 4.74 Å². The normalized spacial score (nSPS) is 14.9. The molecule has 0 radical (unpaired) electrons. The summed E-state index contributed by atoms with van der Waals surface area (Å²) in [5, 5.41) is 2.44. The molecule has 0 unspecified atom stereocenters. The maximum atomic E-state index is 13.1. The van der Waals surface area contributed by atoms with E-state index in [1.165, 1.54) is 24.3 Å². The summed E-state index contributed by atoms with van der Waals surface area (Å²) in [6.07, 6.45) is 2.17. The van der Waals surface area contributed by atoms with Gasteiger partial charge in [0.05, 0.1) is 15.2 Å². The van der Waals surface area contributed by atoms with Crippen molar-refractivity contribution in [1.29, 1.82) is 0 Å². The van der Waals surface area contributed by atoms with E-state index in [-0.39, 0.29) is 23.0 Å². The monoisotopic (exact) mass is 556 g/mol. The number of amides is 4. The fraction of sp³-hybridized carbons (Fsp3) is 0.115. The number of barbiturate groups is 1. The first-order chi connectivity index (χ1) is 16.8. The second-order valence-electron chi connectivity index (χ2n) is 7.71. The molecule has 0 bridgehead atoms. The van der Waals surface area contributed by atoms with Gasteiger partial charge in [0, 0.05) is 0 Å². The molecule has 3 aromatic carbocycles. The molecule has 1 heterocycles. The lowest BCUT2D eigenvalue weighted by Gasteiger charge is -2.26. The zero-order valence-corrected chi connectivity index (χ0v) is 20.8. The van der Waals surface area contributed by atoms with Crippen LogP contribution in [0.3, 0.4) is 0 Å². The standard InChI is InChI=1S/C26H19BrClFN2O4/c1-2-15-5-9-19(10-6-15)31-25(33)20(24(32)30-26(31)34)11-17-12-21(27)23(22(28)13-17)35-14-16-3-7-18(29)8-4-16/h3-13H,2,14H2,1H3,(H,30,32,34)/b20-11-. The number of ether oxygens (including phenoxy) is 1. The molecule has 178 valence electrons. The fourth-order valence-electron chi connectivity index (χ4n) is 3.48. The Balaban J connectivity index is 1.59. The average Bonchev–Trinajstić information content (AvgIpc) is 2.82. The third-order valence-electron chi connectivity index (χ3n) is 5.33. The highest BCUT2D eigenvalue weighted by molar-refractivity contribution is 9.10. The summed E-state index contributed by atoms with van der Waals surface area (Å²) in [5.74, 6) is -1.53.